The van der Waals surface area contributed by atoms with Gasteiger partial charge in [-0.25, -0.2) is 4.79 Å². The first-order chi connectivity index (χ1) is 13.0. The van der Waals surface area contributed by atoms with Crippen LogP contribution in [0.25, 0.3) is 11.1 Å². The summed E-state index contributed by atoms with van der Waals surface area (Å²) in [6.45, 7) is 2.49. The number of esters is 1. The number of thioether (sulfide) groups is 1. The van der Waals surface area contributed by atoms with Gasteiger partial charge in [0.25, 0.3) is 0 Å². The third-order valence-corrected chi connectivity index (χ3v) is 5.02. The van der Waals surface area contributed by atoms with Crippen molar-refractivity contribution in [3.05, 3.63) is 53.1 Å². The van der Waals surface area contributed by atoms with Gasteiger partial charge in [0.15, 0.2) is 0 Å². The zero-order chi connectivity index (χ0) is 19.4. The Labute approximate surface area is 163 Å². The van der Waals surface area contributed by atoms with Gasteiger partial charge in [-0.15, -0.1) is 0 Å². The molecule has 1 aliphatic heterocycles. The highest BCUT2D eigenvalue weighted by Crippen LogP contribution is 2.41. The van der Waals surface area contributed by atoms with Gasteiger partial charge in [0.1, 0.15) is 11.9 Å². The predicted octanol–water partition coefficient (Wildman–Crippen LogP) is 3.23. The summed E-state index contributed by atoms with van der Waals surface area (Å²) in [5.74, 6) is 0.853. The van der Waals surface area contributed by atoms with E-state index in [1.807, 2.05) is 37.4 Å². The van der Waals surface area contributed by atoms with Crippen molar-refractivity contribution < 1.29 is 19.1 Å². The van der Waals surface area contributed by atoms with Crippen molar-refractivity contribution in [2.24, 2.45) is 0 Å². The van der Waals surface area contributed by atoms with E-state index in [1.54, 1.807) is 6.07 Å². The van der Waals surface area contributed by atoms with E-state index in [0.717, 1.165) is 34.4 Å². The molecule has 0 aromatic heterocycles. The molecular weight excluding hydrogens is 362 g/mol. The van der Waals surface area contributed by atoms with Crippen molar-refractivity contribution >= 4 is 23.6 Å². The SMILES string of the molecule is COC(=O)c1ccccc1-c1cc(C)cc2c1OC(CNC(=O)CSC)C2. The lowest BCUT2D eigenvalue weighted by atomic mass is 9.94. The van der Waals surface area contributed by atoms with Gasteiger partial charge >= 0.3 is 5.97 Å². The van der Waals surface area contributed by atoms with Crippen LogP contribution in [-0.2, 0) is 16.0 Å². The Balaban J connectivity index is 1.90. The summed E-state index contributed by atoms with van der Waals surface area (Å²) in [6, 6.07) is 11.5. The zero-order valence-electron chi connectivity index (χ0n) is 15.7. The quantitative estimate of drug-likeness (QED) is 0.774. The molecule has 5 nitrogen and oxygen atoms in total. The van der Waals surface area contributed by atoms with E-state index in [-0.39, 0.29) is 18.0 Å². The van der Waals surface area contributed by atoms with E-state index in [2.05, 4.69) is 11.4 Å². The van der Waals surface area contributed by atoms with Crippen LogP contribution < -0.4 is 10.1 Å². The summed E-state index contributed by atoms with van der Waals surface area (Å²) in [5, 5.41) is 2.91. The number of hydrogen-bond acceptors (Lipinski definition) is 5. The molecule has 3 rings (SSSR count). The van der Waals surface area contributed by atoms with Crippen LogP contribution in [0.5, 0.6) is 5.75 Å². The number of carbonyl (C=O) groups excluding carboxylic acids is 2. The molecule has 0 bridgehead atoms. The first-order valence-corrected chi connectivity index (χ1v) is 10.2. The zero-order valence-corrected chi connectivity index (χ0v) is 16.5. The number of fused-ring (bicyclic) bond motifs is 1. The number of carbonyl (C=O) groups is 2. The Bertz CT molecular complexity index is 865. The summed E-state index contributed by atoms with van der Waals surface area (Å²) in [5.41, 5.74) is 4.36. The molecule has 0 saturated heterocycles. The van der Waals surface area contributed by atoms with Crippen molar-refractivity contribution in [3.8, 4) is 16.9 Å². The average Bonchev–Trinajstić information content (AvgIpc) is 3.08. The minimum Gasteiger partial charge on any atom is -0.487 e. The van der Waals surface area contributed by atoms with Gasteiger partial charge in [0, 0.05) is 12.0 Å². The molecule has 1 unspecified atom stereocenters. The second kappa shape index (κ2) is 8.48. The van der Waals surface area contributed by atoms with Crippen LogP contribution in [0.3, 0.4) is 0 Å². The maximum atomic E-state index is 12.2. The molecule has 1 heterocycles. The number of ether oxygens (including phenoxy) is 2. The molecule has 2 aromatic rings. The highest BCUT2D eigenvalue weighted by molar-refractivity contribution is 7.99. The lowest BCUT2D eigenvalue weighted by Gasteiger charge is -2.15. The maximum absolute atomic E-state index is 12.2. The van der Waals surface area contributed by atoms with Gasteiger partial charge < -0.3 is 14.8 Å². The molecule has 0 saturated carbocycles. The summed E-state index contributed by atoms with van der Waals surface area (Å²) >= 11 is 1.49. The van der Waals surface area contributed by atoms with Crippen LogP contribution in [0.1, 0.15) is 21.5 Å². The van der Waals surface area contributed by atoms with E-state index in [1.165, 1.54) is 18.9 Å². The smallest absolute Gasteiger partial charge is 0.338 e. The summed E-state index contributed by atoms with van der Waals surface area (Å²) in [7, 11) is 1.38. The molecule has 1 aliphatic rings. The van der Waals surface area contributed by atoms with Gasteiger partial charge in [-0.3, -0.25) is 4.79 Å². The molecule has 1 N–H and O–H groups in total. The van der Waals surface area contributed by atoms with E-state index in [4.69, 9.17) is 9.47 Å². The largest absolute Gasteiger partial charge is 0.487 e. The van der Waals surface area contributed by atoms with E-state index in [0.29, 0.717) is 17.9 Å². The highest BCUT2D eigenvalue weighted by atomic mass is 32.2. The number of methoxy groups -OCH3 is 1. The van der Waals surface area contributed by atoms with Crippen LogP contribution in [0.4, 0.5) is 0 Å². The fourth-order valence-electron chi connectivity index (χ4n) is 3.32. The summed E-state index contributed by atoms with van der Waals surface area (Å²) in [4.78, 5) is 23.9. The van der Waals surface area contributed by atoms with Crippen molar-refractivity contribution in [1.29, 1.82) is 0 Å². The first-order valence-electron chi connectivity index (χ1n) is 8.77. The molecule has 1 atom stereocenters. The van der Waals surface area contributed by atoms with E-state index >= 15 is 0 Å². The predicted molar refractivity (Wildman–Crippen MR) is 107 cm³/mol. The van der Waals surface area contributed by atoms with Crippen LogP contribution in [0.15, 0.2) is 36.4 Å². The number of rotatable bonds is 6. The lowest BCUT2D eigenvalue weighted by molar-refractivity contribution is -0.118. The number of benzene rings is 2. The van der Waals surface area contributed by atoms with Crippen molar-refractivity contribution in [2.75, 3.05) is 25.7 Å². The van der Waals surface area contributed by atoms with Crippen LogP contribution in [0.2, 0.25) is 0 Å². The lowest BCUT2D eigenvalue weighted by Crippen LogP contribution is -2.35. The molecule has 0 fully saturated rings. The fourth-order valence-corrected chi connectivity index (χ4v) is 3.69. The highest BCUT2D eigenvalue weighted by Gasteiger charge is 2.28. The second-order valence-corrected chi connectivity index (χ2v) is 7.38. The minimum absolute atomic E-state index is 0.00879. The number of amides is 1. The fraction of sp³-hybridized carbons (Fsp3) is 0.333. The molecule has 142 valence electrons. The van der Waals surface area contributed by atoms with Crippen LogP contribution >= 0.6 is 11.8 Å². The Hall–Kier alpha value is -2.47. The molecule has 0 radical (unpaired) electrons. The minimum atomic E-state index is -0.375. The Kier molecular flexibility index (Phi) is 6.06. The van der Waals surface area contributed by atoms with Gasteiger partial charge in [0.05, 0.1) is 25.0 Å². The third-order valence-electron chi connectivity index (χ3n) is 4.47. The topological polar surface area (TPSA) is 64.6 Å². The second-order valence-electron chi connectivity index (χ2n) is 6.52. The Morgan fingerprint density at radius 2 is 2.04 bits per heavy atom. The van der Waals surface area contributed by atoms with Crippen molar-refractivity contribution in [1.82, 2.24) is 5.32 Å². The van der Waals surface area contributed by atoms with Crippen molar-refractivity contribution in [3.63, 3.8) is 0 Å². The monoisotopic (exact) mass is 385 g/mol. The molecule has 1 amide bonds. The molecule has 0 spiro atoms. The third kappa shape index (κ3) is 4.27. The number of hydrogen-bond donors (Lipinski definition) is 1. The van der Waals surface area contributed by atoms with Crippen molar-refractivity contribution in [2.45, 2.75) is 19.4 Å². The standard InChI is InChI=1S/C21H23NO4S/c1-13-8-14-10-15(11-22-19(23)12-27-3)26-20(14)18(9-13)16-6-4-5-7-17(16)21(24)25-2/h4-9,15H,10-12H2,1-3H3,(H,22,23). The molecule has 0 aliphatic carbocycles. The summed E-state index contributed by atoms with van der Waals surface area (Å²) < 4.78 is 11.1. The Morgan fingerprint density at radius 1 is 1.26 bits per heavy atom. The van der Waals surface area contributed by atoms with Gasteiger partial charge in [-0.2, -0.15) is 11.8 Å². The number of nitrogens with one attached hydrogen (secondary N) is 1. The van der Waals surface area contributed by atoms with E-state index in [9.17, 15) is 9.59 Å². The average molecular weight is 385 g/mol. The number of aryl methyl sites for hydroxylation is 1. The summed E-state index contributed by atoms with van der Waals surface area (Å²) in [6.07, 6.45) is 2.51. The van der Waals surface area contributed by atoms with Gasteiger partial charge in [-0.1, -0.05) is 24.3 Å². The normalized spacial score (nSPS) is 15.0. The molecular formula is C21H23NO4S. The molecule has 2 aromatic carbocycles. The maximum Gasteiger partial charge on any atom is 0.338 e. The van der Waals surface area contributed by atoms with Gasteiger partial charge in [-0.05, 0) is 42.0 Å². The van der Waals surface area contributed by atoms with Crippen LogP contribution in [-0.4, -0.2) is 43.6 Å². The van der Waals surface area contributed by atoms with Crippen LogP contribution in [0, 0.1) is 6.92 Å². The van der Waals surface area contributed by atoms with E-state index < -0.39 is 0 Å². The molecule has 27 heavy (non-hydrogen) atoms. The van der Waals surface area contributed by atoms with Gasteiger partial charge in [0.2, 0.25) is 5.91 Å². The first kappa shape index (κ1) is 19.3. The molecule has 6 heteroatoms. The Morgan fingerprint density at radius 3 is 2.78 bits per heavy atom.